The number of hydrogen-bond acceptors (Lipinski definition) is 8. The SMILES string of the molecule is CC/C=C\C/C=C\C/C=C\C/C=C\CCCCCCCCCCC(=O)OC(COCCCCC/C=C\C/C=C\C/C=C\C/C=C\CC)COP(=O)(O)OCC(N)C(=O)O. The van der Waals surface area contributed by atoms with Crippen LogP contribution in [0.2, 0.25) is 0 Å². The van der Waals surface area contributed by atoms with Crippen LogP contribution in [0.3, 0.4) is 0 Å². The van der Waals surface area contributed by atoms with Crippen LogP contribution in [0.5, 0.6) is 0 Å². The molecule has 0 aliphatic carbocycles. The number of esters is 1. The van der Waals surface area contributed by atoms with Gasteiger partial charge in [-0.2, -0.15) is 0 Å². The largest absolute Gasteiger partial charge is 0.480 e. The van der Waals surface area contributed by atoms with Gasteiger partial charge in [0.05, 0.1) is 19.8 Å². The second kappa shape index (κ2) is 43.0. The van der Waals surface area contributed by atoms with E-state index in [9.17, 15) is 19.0 Å². The highest BCUT2D eigenvalue weighted by molar-refractivity contribution is 7.47. The number of phosphoric ester groups is 1. The molecule has 0 aromatic carbocycles. The van der Waals surface area contributed by atoms with Crippen molar-refractivity contribution < 1.29 is 42.7 Å². The normalized spacial score (nSPS) is 14.8. The van der Waals surface area contributed by atoms with Crippen molar-refractivity contribution >= 4 is 19.8 Å². The molecule has 10 nitrogen and oxygen atoms in total. The Morgan fingerprint density at radius 2 is 0.932 bits per heavy atom. The highest BCUT2D eigenvalue weighted by Crippen LogP contribution is 2.43. The summed E-state index contributed by atoms with van der Waals surface area (Å²) in [5, 5.41) is 8.90. The topological polar surface area (TPSA) is 155 Å². The number of unbranched alkanes of at least 4 members (excludes halogenated alkanes) is 11. The van der Waals surface area contributed by atoms with E-state index in [1.165, 1.54) is 25.7 Å². The van der Waals surface area contributed by atoms with E-state index in [2.05, 4.69) is 111 Å². The van der Waals surface area contributed by atoms with Crippen LogP contribution in [0, 0.1) is 0 Å². The van der Waals surface area contributed by atoms with Gasteiger partial charge in [0.1, 0.15) is 12.1 Å². The highest BCUT2D eigenvalue weighted by atomic mass is 31.2. The molecular formula is C48H80NO9P. The molecule has 0 aromatic heterocycles. The molecule has 0 fully saturated rings. The minimum atomic E-state index is -4.64. The number of carbonyl (C=O) groups excluding carboxylic acids is 1. The number of aliphatic carboxylic acids is 1. The number of rotatable bonds is 41. The third-order valence-electron chi connectivity index (χ3n) is 8.86. The third-order valence-corrected chi connectivity index (χ3v) is 9.81. The van der Waals surface area contributed by atoms with Crippen LogP contribution in [0.1, 0.15) is 155 Å². The van der Waals surface area contributed by atoms with Crippen molar-refractivity contribution in [2.45, 2.75) is 167 Å². The van der Waals surface area contributed by atoms with Gasteiger partial charge in [0.2, 0.25) is 0 Å². The van der Waals surface area contributed by atoms with Crippen molar-refractivity contribution in [2.24, 2.45) is 5.73 Å². The summed E-state index contributed by atoms with van der Waals surface area (Å²) in [4.78, 5) is 33.6. The number of hydrogen-bond donors (Lipinski definition) is 3. The van der Waals surface area contributed by atoms with Gasteiger partial charge in [0.15, 0.2) is 0 Å². The molecule has 11 heteroatoms. The van der Waals surface area contributed by atoms with Crippen molar-refractivity contribution in [3.8, 4) is 0 Å². The van der Waals surface area contributed by atoms with Gasteiger partial charge >= 0.3 is 19.8 Å². The molecule has 0 saturated heterocycles. The summed E-state index contributed by atoms with van der Waals surface area (Å²) in [6.07, 6.45) is 56.0. The molecule has 0 amide bonds. The summed E-state index contributed by atoms with van der Waals surface area (Å²) in [6.45, 7) is 3.54. The Morgan fingerprint density at radius 1 is 0.542 bits per heavy atom. The van der Waals surface area contributed by atoms with Gasteiger partial charge in [-0.1, -0.05) is 156 Å². The molecular weight excluding hydrogens is 766 g/mol. The first kappa shape index (κ1) is 55.9. The maximum Gasteiger partial charge on any atom is 0.472 e. The number of carboxylic acids is 1. The molecule has 0 saturated carbocycles. The molecule has 4 N–H and O–H groups in total. The lowest BCUT2D eigenvalue weighted by molar-refractivity contribution is -0.154. The van der Waals surface area contributed by atoms with E-state index in [1.807, 2.05) is 0 Å². The van der Waals surface area contributed by atoms with E-state index >= 15 is 0 Å². The van der Waals surface area contributed by atoms with Crippen LogP contribution in [-0.2, 0) is 32.7 Å². The second-order valence-electron chi connectivity index (χ2n) is 14.4. The van der Waals surface area contributed by atoms with Gasteiger partial charge in [0.25, 0.3) is 0 Å². The van der Waals surface area contributed by atoms with Crippen LogP contribution in [-0.4, -0.2) is 60.5 Å². The van der Waals surface area contributed by atoms with Crippen LogP contribution < -0.4 is 5.73 Å². The maximum atomic E-state index is 12.7. The number of ether oxygens (including phenoxy) is 2. The lowest BCUT2D eigenvalue weighted by atomic mass is 10.1. The predicted octanol–water partition coefficient (Wildman–Crippen LogP) is 12.5. The minimum Gasteiger partial charge on any atom is -0.480 e. The number of phosphoric acid groups is 1. The Hall–Kier alpha value is -3.11. The van der Waals surface area contributed by atoms with Gasteiger partial charge < -0.3 is 25.2 Å². The summed E-state index contributed by atoms with van der Waals surface area (Å²) in [6, 6.07) is -1.49. The zero-order valence-corrected chi connectivity index (χ0v) is 37.4. The fraction of sp³-hybridized carbons (Fsp3) is 0.625. The van der Waals surface area contributed by atoms with Crippen LogP contribution in [0.25, 0.3) is 0 Å². The summed E-state index contributed by atoms with van der Waals surface area (Å²) in [7, 11) is -4.64. The Bertz CT molecular complexity index is 1300. The van der Waals surface area contributed by atoms with Crippen LogP contribution in [0.15, 0.2) is 97.2 Å². The Kier molecular flexibility index (Phi) is 40.7. The van der Waals surface area contributed by atoms with Crippen LogP contribution >= 0.6 is 7.82 Å². The zero-order valence-electron chi connectivity index (χ0n) is 36.6. The quantitative estimate of drug-likeness (QED) is 0.0234. The third kappa shape index (κ3) is 42.8. The molecule has 3 unspecified atom stereocenters. The van der Waals surface area contributed by atoms with Crippen molar-refractivity contribution in [3.63, 3.8) is 0 Å². The van der Waals surface area contributed by atoms with E-state index in [0.717, 1.165) is 103 Å². The van der Waals surface area contributed by atoms with E-state index in [1.54, 1.807) is 0 Å². The maximum absolute atomic E-state index is 12.7. The first-order chi connectivity index (χ1) is 28.7. The van der Waals surface area contributed by atoms with Gasteiger partial charge in [-0.05, 0) is 89.9 Å². The molecule has 0 bridgehead atoms. The van der Waals surface area contributed by atoms with E-state index in [4.69, 9.17) is 29.4 Å². The molecule has 336 valence electrons. The summed E-state index contributed by atoms with van der Waals surface area (Å²) < 4.78 is 33.3. The molecule has 0 spiro atoms. The smallest absolute Gasteiger partial charge is 0.472 e. The predicted molar refractivity (Wildman–Crippen MR) is 244 cm³/mol. The summed E-state index contributed by atoms with van der Waals surface area (Å²) >= 11 is 0. The minimum absolute atomic E-state index is 0.0144. The first-order valence-electron chi connectivity index (χ1n) is 22.3. The molecule has 0 radical (unpaired) electrons. The summed E-state index contributed by atoms with van der Waals surface area (Å²) in [5.74, 6) is -1.81. The average Bonchev–Trinajstić information content (AvgIpc) is 3.21. The summed E-state index contributed by atoms with van der Waals surface area (Å²) in [5.41, 5.74) is 5.35. The lowest BCUT2D eigenvalue weighted by Crippen LogP contribution is -2.34. The number of carbonyl (C=O) groups is 2. The van der Waals surface area contributed by atoms with Crippen molar-refractivity contribution in [1.82, 2.24) is 0 Å². The molecule has 0 rings (SSSR count). The number of nitrogens with two attached hydrogens (primary N) is 1. The first-order valence-corrected chi connectivity index (χ1v) is 23.8. The fourth-order valence-corrected chi connectivity index (χ4v) is 6.24. The fourth-order valence-electron chi connectivity index (χ4n) is 5.47. The molecule has 0 heterocycles. The molecule has 0 aliphatic rings. The zero-order chi connectivity index (χ0) is 43.3. The standard InChI is InChI=1S/C48H80NO9P/c1-3-5-7-9-11-13-15-17-19-21-22-23-24-25-26-28-30-32-34-36-38-40-47(50)58-45(43-56-59(53,54)57-44-46(49)48(51)52)42-55-41-39-37-35-33-31-29-27-20-18-16-14-12-10-8-6-4-2/h5-8,11-14,17-20,22-23,29,31,45-46H,3-4,9-10,15-16,21,24-28,30,32-44,49H2,1-2H3,(H,51,52)(H,53,54)/b7-5-,8-6-,13-11-,14-12-,19-17-,20-18-,23-22-,31-29-. The Morgan fingerprint density at radius 3 is 1.39 bits per heavy atom. The average molecular weight is 846 g/mol. The Balaban J connectivity index is 4.30. The lowest BCUT2D eigenvalue weighted by Gasteiger charge is -2.20. The Labute approximate surface area is 358 Å². The number of allylic oxidation sites excluding steroid dienone is 16. The van der Waals surface area contributed by atoms with Crippen molar-refractivity contribution in [2.75, 3.05) is 26.4 Å². The van der Waals surface area contributed by atoms with Gasteiger partial charge in [-0.15, -0.1) is 0 Å². The van der Waals surface area contributed by atoms with Gasteiger partial charge in [-0.3, -0.25) is 18.6 Å². The molecule has 0 aliphatic heterocycles. The molecule has 59 heavy (non-hydrogen) atoms. The van der Waals surface area contributed by atoms with Crippen molar-refractivity contribution in [3.05, 3.63) is 97.2 Å². The van der Waals surface area contributed by atoms with Gasteiger partial charge in [0, 0.05) is 13.0 Å². The van der Waals surface area contributed by atoms with E-state index in [0.29, 0.717) is 13.0 Å². The monoisotopic (exact) mass is 846 g/mol. The van der Waals surface area contributed by atoms with E-state index in [-0.39, 0.29) is 13.0 Å². The number of carboxylic acid groups (broad SMARTS) is 1. The van der Waals surface area contributed by atoms with Crippen LogP contribution in [0.4, 0.5) is 0 Å². The van der Waals surface area contributed by atoms with Crippen molar-refractivity contribution in [1.29, 1.82) is 0 Å². The second-order valence-corrected chi connectivity index (χ2v) is 15.9. The molecule has 3 atom stereocenters. The van der Waals surface area contributed by atoms with E-state index < -0.39 is 45.1 Å². The van der Waals surface area contributed by atoms with Gasteiger partial charge in [-0.25, -0.2) is 4.57 Å². The molecule has 0 aromatic rings. The highest BCUT2D eigenvalue weighted by Gasteiger charge is 2.27.